The maximum atomic E-state index is 11.6. The molecule has 2 heterocycles. The van der Waals surface area contributed by atoms with Crippen LogP contribution in [0.5, 0.6) is 17.2 Å². The number of methoxy groups -OCH3 is 1. The van der Waals surface area contributed by atoms with Crippen LogP contribution in [0.4, 0.5) is 0 Å². The van der Waals surface area contributed by atoms with E-state index in [0.717, 1.165) is 112 Å². The molecule has 10 nitrogen and oxygen atoms in total. The van der Waals surface area contributed by atoms with Crippen LogP contribution in [0, 0.1) is 13.8 Å². The van der Waals surface area contributed by atoms with E-state index in [1.165, 1.54) is 0 Å². The van der Waals surface area contributed by atoms with Crippen LogP contribution < -0.4 is 14.2 Å². The number of carboxylic acid groups (broad SMARTS) is 2. The number of pyridine rings is 2. The van der Waals surface area contributed by atoms with Crippen LogP contribution in [-0.4, -0.2) is 45.0 Å². The number of ether oxygens (including phenoxy) is 3. The third kappa shape index (κ3) is 15.2. The number of hydrogen-bond acceptors (Lipinski definition) is 8. The molecule has 0 saturated carbocycles. The van der Waals surface area contributed by atoms with Gasteiger partial charge in [0, 0.05) is 29.5 Å². The van der Waals surface area contributed by atoms with E-state index in [9.17, 15) is 14.4 Å². The predicted octanol–water partition coefficient (Wildman–Crippen LogP) is 13.0. The van der Waals surface area contributed by atoms with Gasteiger partial charge < -0.3 is 24.4 Å². The third-order valence-corrected chi connectivity index (χ3v) is 11.2. The zero-order valence-corrected chi connectivity index (χ0v) is 38.5. The minimum absolute atomic E-state index is 0.0422. The number of unbranched alkanes of at least 4 members (excludes halogenated alkanes) is 2. The fourth-order valence-electron chi connectivity index (χ4n) is 7.39. The molecule has 0 unspecified atom stereocenters. The second-order valence-electron chi connectivity index (χ2n) is 16.2. The molecule has 0 saturated heterocycles. The highest BCUT2D eigenvalue weighted by Crippen LogP contribution is 2.31. The Kier molecular flexibility index (Phi) is 18.8. The smallest absolute Gasteiger partial charge is 0.303 e. The Morgan fingerprint density at radius 1 is 0.569 bits per heavy atom. The van der Waals surface area contributed by atoms with Crippen molar-refractivity contribution < 1.29 is 38.8 Å². The summed E-state index contributed by atoms with van der Waals surface area (Å²) in [7, 11) is 1.66. The van der Waals surface area contributed by atoms with Crippen molar-refractivity contribution in [3.8, 4) is 39.8 Å². The topological polar surface area (TPSA) is 145 Å². The first kappa shape index (κ1) is 49.2. The highest BCUT2D eigenvalue weighted by atomic mass is 16.5. The monoisotopic (exact) mass is 878 g/mol. The molecule has 6 aromatic rings. The molecule has 0 amide bonds. The molecule has 0 radical (unpaired) electrons. The molecule has 340 valence electrons. The second kappa shape index (κ2) is 24.9. The van der Waals surface area contributed by atoms with Crippen molar-refractivity contribution in [2.45, 2.75) is 111 Å². The molecule has 65 heavy (non-hydrogen) atoms. The average molecular weight is 879 g/mol. The Hall–Kier alpha value is -6.81. The number of ketones is 1. The average Bonchev–Trinajstić information content (AvgIpc) is 3.31. The molecular weight excluding hydrogens is 817 g/mol. The molecule has 0 aliphatic rings. The second-order valence-corrected chi connectivity index (χ2v) is 16.2. The zero-order valence-electron chi connectivity index (χ0n) is 38.5. The van der Waals surface area contributed by atoms with Gasteiger partial charge in [-0.05, 0) is 154 Å². The summed E-state index contributed by atoms with van der Waals surface area (Å²) >= 11 is 0. The number of carbonyl (C=O) groups excluding carboxylic acids is 1. The van der Waals surface area contributed by atoms with Crippen LogP contribution in [0.1, 0.15) is 128 Å². The van der Waals surface area contributed by atoms with Gasteiger partial charge in [0.1, 0.15) is 29.5 Å². The molecule has 0 bridgehead atoms. The summed E-state index contributed by atoms with van der Waals surface area (Å²) in [5.41, 5.74) is 10.3. The summed E-state index contributed by atoms with van der Waals surface area (Å²) in [6.07, 6.45) is 6.82. The van der Waals surface area contributed by atoms with Crippen LogP contribution in [0.3, 0.4) is 0 Å². The predicted molar refractivity (Wildman–Crippen MR) is 256 cm³/mol. The molecule has 0 aliphatic heterocycles. The number of benzene rings is 4. The zero-order chi connectivity index (χ0) is 46.7. The normalized spacial score (nSPS) is 11.7. The van der Waals surface area contributed by atoms with Crippen molar-refractivity contribution in [2.24, 2.45) is 0 Å². The highest BCUT2D eigenvalue weighted by molar-refractivity contribution is 5.94. The maximum Gasteiger partial charge on any atom is 0.303 e. The number of carboxylic acids is 2. The van der Waals surface area contributed by atoms with E-state index < -0.39 is 11.9 Å². The van der Waals surface area contributed by atoms with E-state index in [1.807, 2.05) is 135 Å². The van der Waals surface area contributed by atoms with Crippen molar-refractivity contribution >= 4 is 17.7 Å². The molecular formula is C55H62N2O8. The van der Waals surface area contributed by atoms with E-state index in [1.54, 1.807) is 14.0 Å². The lowest BCUT2D eigenvalue weighted by Gasteiger charge is -2.20. The summed E-state index contributed by atoms with van der Waals surface area (Å²) in [5.74, 6) is 0.810. The Balaban J connectivity index is 0.000000244. The van der Waals surface area contributed by atoms with Crippen molar-refractivity contribution in [3.05, 3.63) is 161 Å². The van der Waals surface area contributed by atoms with Gasteiger partial charge in [0.25, 0.3) is 0 Å². The number of Topliss-reactive ketones (excluding diaryl/α,β-unsaturated/α-hetero) is 1. The molecule has 2 aromatic heterocycles. The number of aliphatic carboxylic acids is 2. The van der Waals surface area contributed by atoms with E-state index >= 15 is 0 Å². The standard InChI is InChI=1S/C28H31NO4.C27H31NO4/c1-4-5-9-27(33-24-16-14-21(19(2)18-24)15-17-28(31)32)26-8-6-7-25(29-26)23-12-10-22(11-13-23)20(3)30;1-4-5-9-26(32-23-16-10-20(19(2)18-23)13-17-27(29)30)25-8-6-7-24(28-25)21-11-14-22(31-3)15-12-21/h6-8,10-14,16,18,27H,4-5,9,15,17H2,1-3H3,(H,31,32);6-8,10-12,14-16,18,26H,4-5,9,13,17H2,1-3H3,(H,29,30)/t27-;26-/m11/s1. The molecule has 6 rings (SSSR count). The van der Waals surface area contributed by atoms with Crippen molar-refractivity contribution in [1.29, 1.82) is 0 Å². The minimum atomic E-state index is -0.795. The van der Waals surface area contributed by atoms with E-state index in [-0.39, 0.29) is 30.8 Å². The van der Waals surface area contributed by atoms with Gasteiger partial charge in [-0.25, -0.2) is 9.97 Å². The van der Waals surface area contributed by atoms with E-state index in [0.29, 0.717) is 18.4 Å². The number of carbonyl (C=O) groups is 3. The van der Waals surface area contributed by atoms with Crippen molar-refractivity contribution in [3.63, 3.8) is 0 Å². The van der Waals surface area contributed by atoms with E-state index in [2.05, 4.69) is 13.8 Å². The van der Waals surface area contributed by atoms with Gasteiger partial charge in [-0.1, -0.05) is 75.2 Å². The van der Waals surface area contributed by atoms with Crippen LogP contribution in [0.2, 0.25) is 0 Å². The highest BCUT2D eigenvalue weighted by Gasteiger charge is 2.19. The molecule has 4 aromatic carbocycles. The van der Waals surface area contributed by atoms with Gasteiger partial charge in [0.05, 0.1) is 29.9 Å². The fraction of sp³-hybridized carbons (Fsp3) is 0.327. The Bertz CT molecular complexity index is 2480. The molecule has 0 aliphatic carbocycles. The summed E-state index contributed by atoms with van der Waals surface area (Å²) in [4.78, 5) is 43.1. The first-order valence-corrected chi connectivity index (χ1v) is 22.5. The first-order chi connectivity index (χ1) is 31.4. The van der Waals surface area contributed by atoms with Crippen molar-refractivity contribution in [2.75, 3.05) is 7.11 Å². The minimum Gasteiger partial charge on any atom is -0.497 e. The molecule has 0 spiro atoms. The lowest BCUT2D eigenvalue weighted by atomic mass is 10.0. The molecule has 2 atom stereocenters. The van der Waals surface area contributed by atoms with Gasteiger partial charge in [-0.15, -0.1) is 0 Å². The van der Waals surface area contributed by atoms with Gasteiger partial charge in [-0.2, -0.15) is 0 Å². The third-order valence-electron chi connectivity index (χ3n) is 11.2. The lowest BCUT2D eigenvalue weighted by Crippen LogP contribution is -2.10. The summed E-state index contributed by atoms with van der Waals surface area (Å²) in [5, 5.41) is 17.9. The van der Waals surface area contributed by atoms with Crippen LogP contribution in [-0.2, 0) is 22.4 Å². The van der Waals surface area contributed by atoms with Crippen LogP contribution >= 0.6 is 0 Å². The number of aromatic nitrogens is 2. The number of nitrogens with zero attached hydrogens (tertiary/aromatic N) is 2. The van der Waals surface area contributed by atoms with E-state index in [4.69, 9.17) is 34.4 Å². The van der Waals surface area contributed by atoms with Gasteiger partial charge in [-0.3, -0.25) is 14.4 Å². The fourth-order valence-corrected chi connectivity index (χ4v) is 7.39. The maximum absolute atomic E-state index is 11.6. The molecule has 2 N–H and O–H groups in total. The summed E-state index contributed by atoms with van der Waals surface area (Å²) in [6.45, 7) is 9.85. The van der Waals surface area contributed by atoms with Gasteiger partial charge in [0.2, 0.25) is 0 Å². The Morgan fingerprint density at radius 2 is 0.985 bits per heavy atom. The van der Waals surface area contributed by atoms with Crippen LogP contribution in [0.15, 0.2) is 121 Å². The van der Waals surface area contributed by atoms with Crippen molar-refractivity contribution in [1.82, 2.24) is 9.97 Å². The van der Waals surface area contributed by atoms with Crippen LogP contribution in [0.25, 0.3) is 22.5 Å². The largest absolute Gasteiger partial charge is 0.497 e. The van der Waals surface area contributed by atoms with Gasteiger partial charge >= 0.3 is 11.9 Å². The Morgan fingerprint density at radius 3 is 1.35 bits per heavy atom. The number of aryl methyl sites for hydroxylation is 4. The Labute approximate surface area is 383 Å². The molecule has 0 fully saturated rings. The summed E-state index contributed by atoms with van der Waals surface area (Å²) < 4.78 is 18.0. The SMILES string of the molecule is CCCC[C@@H](Oc1ccc(CCC(=O)O)c(C)c1)c1cccc(-c2ccc(C(C)=O)cc2)n1.CCCC[C@@H](Oc1ccc(CCC(=O)O)c(C)c1)c1cccc(-c2ccc(OC)cc2)n1. The quantitative estimate of drug-likeness (QED) is 0.0632. The first-order valence-electron chi connectivity index (χ1n) is 22.5. The van der Waals surface area contributed by atoms with Gasteiger partial charge in [0.15, 0.2) is 5.78 Å². The lowest BCUT2D eigenvalue weighted by molar-refractivity contribution is -0.138. The molecule has 10 heteroatoms. The number of rotatable bonds is 22. The summed E-state index contributed by atoms with van der Waals surface area (Å²) in [6, 6.07) is 39.1. The number of hydrogen-bond donors (Lipinski definition) is 2.